The lowest BCUT2D eigenvalue weighted by Gasteiger charge is -2.33. The summed E-state index contributed by atoms with van der Waals surface area (Å²) in [4.78, 5) is 97.4. The predicted molar refractivity (Wildman–Crippen MR) is 433 cm³/mol. The van der Waals surface area contributed by atoms with Crippen molar-refractivity contribution < 1.29 is 55.7 Å². The lowest BCUT2D eigenvalue weighted by molar-refractivity contribution is 0.0460. The molecule has 12 aromatic rings. The monoisotopic (exact) mass is 1850 g/mol. The number of amides is 4. The van der Waals surface area contributed by atoms with Crippen LogP contribution >= 0.6 is 63.7 Å². The molecule has 0 spiro atoms. The van der Waals surface area contributed by atoms with Gasteiger partial charge in [-0.1, -0.05) is 6.07 Å². The van der Waals surface area contributed by atoms with E-state index in [2.05, 4.69) is 124 Å². The number of fused-ring (bicyclic) bond motifs is 8. The van der Waals surface area contributed by atoms with Crippen LogP contribution in [0.3, 0.4) is 0 Å². The van der Waals surface area contributed by atoms with Gasteiger partial charge in [-0.25, -0.2) is 57.4 Å². The van der Waals surface area contributed by atoms with Gasteiger partial charge in [-0.15, -0.1) is 0 Å². The third-order valence-electron chi connectivity index (χ3n) is 22.3. The van der Waals surface area contributed by atoms with Crippen LogP contribution in [-0.4, -0.2) is 188 Å². The molecule has 34 heteroatoms. The zero-order valence-corrected chi connectivity index (χ0v) is 68.7. The van der Waals surface area contributed by atoms with Crippen molar-refractivity contribution in [2.24, 2.45) is 23.7 Å². The van der Waals surface area contributed by atoms with Crippen molar-refractivity contribution in [3.05, 3.63) is 271 Å². The van der Waals surface area contributed by atoms with Crippen LogP contribution in [0.4, 0.5) is 17.6 Å². The second kappa shape index (κ2) is 34.7. The first-order chi connectivity index (χ1) is 57.3. The topological polar surface area (TPSA) is 283 Å². The number of carbonyl (C=O) groups excluding carboxylic acids is 4. The molecule has 4 saturated carbocycles. The lowest BCUT2D eigenvalue weighted by atomic mass is 10.0. The Morgan fingerprint density at radius 3 is 1.09 bits per heavy atom. The maximum Gasteiger partial charge on any atom is 0.259 e. The molecule has 12 heterocycles. The van der Waals surface area contributed by atoms with Crippen molar-refractivity contribution in [1.82, 2.24) is 89.5 Å². The number of hydrogen-bond donors (Lipinski definition) is 0. The third-order valence-corrected chi connectivity index (χ3v) is 24.2. The molecule has 8 fully saturated rings. The molecule has 20 rings (SSSR count). The Balaban J connectivity index is 0.000000113. The van der Waals surface area contributed by atoms with E-state index in [-0.39, 0.29) is 88.9 Å². The van der Waals surface area contributed by atoms with Gasteiger partial charge in [-0.3, -0.25) is 19.2 Å². The standard InChI is InChI=1S/2C22H18BrFN4O2.2C20H17BrFN5O2/c23-14-2-5-20(27-11-14)30-19-9-13-8-18(19)28(12-13)22(29)16-4-3-15(24)10-17(16)21-25-6-1-7-26-21;23-14-2-5-20(27-11-14)30-19-9-13-8-18(19)28(12-13)22(29)17-10-15(24)3-4-16(17)21-25-6-1-7-26-21;21-13-1-4-19(23-10-13)29-18-8-12-7-17(18)26(11-12)20(28)15-9-14(22)2-3-16(15)27-24-5-6-25-27;21-13-4-5-18(23-10-13)29-17-9-12-8-16(17)26(11-12)20(28)19-14(22)2-1-3-15(19)27-24-6-7-25-27/h2*1-7,10-11,13,18-19H,8-9,12H2;1-6,9-10,12,17-18H,7-8,11H2;1-7,10,12,16-17H,8-9,11H2. The summed E-state index contributed by atoms with van der Waals surface area (Å²) in [5, 5.41) is 16.3. The van der Waals surface area contributed by atoms with Gasteiger partial charge in [0.1, 0.15) is 58.9 Å². The minimum absolute atomic E-state index is 0.0169. The first-order valence-electron chi connectivity index (χ1n) is 38.2. The van der Waals surface area contributed by atoms with Crippen LogP contribution in [0.15, 0.2) is 226 Å². The molecule has 4 aromatic carbocycles. The van der Waals surface area contributed by atoms with Crippen LogP contribution in [0, 0.1) is 46.9 Å². The first kappa shape index (κ1) is 79.1. The summed E-state index contributed by atoms with van der Waals surface area (Å²) in [5.41, 5.74) is 2.61. The van der Waals surface area contributed by atoms with Crippen molar-refractivity contribution in [2.75, 3.05) is 26.2 Å². The molecule has 4 amide bonds. The molecule has 8 bridgehead atoms. The van der Waals surface area contributed by atoms with Gasteiger partial charge < -0.3 is 38.5 Å². The summed E-state index contributed by atoms with van der Waals surface area (Å²) in [6.45, 7) is 2.55. The molecule has 4 aliphatic carbocycles. The number of halogens is 8. The number of hydrogen-bond acceptors (Lipinski definition) is 20. The Bertz CT molecular complexity index is 5620. The number of piperidine rings is 4. The summed E-state index contributed by atoms with van der Waals surface area (Å²) in [6.07, 6.45) is 25.6. The number of ether oxygens (including phenoxy) is 4. The number of aromatic nitrogens is 14. The van der Waals surface area contributed by atoms with Gasteiger partial charge in [-0.2, -0.15) is 30.0 Å². The fourth-order valence-corrected chi connectivity index (χ4v) is 18.3. The number of rotatable bonds is 16. The van der Waals surface area contributed by atoms with Crippen molar-refractivity contribution >= 4 is 87.3 Å². The molecule has 4 aliphatic heterocycles. The smallest absolute Gasteiger partial charge is 0.259 e. The Morgan fingerprint density at radius 1 is 0.331 bits per heavy atom. The molecule has 12 unspecified atom stereocenters. The summed E-state index contributed by atoms with van der Waals surface area (Å²) in [6, 6.07) is 34.6. The van der Waals surface area contributed by atoms with Gasteiger partial charge in [-0.05, 0) is 242 Å². The number of benzene rings is 4. The van der Waals surface area contributed by atoms with Crippen LogP contribution in [0.5, 0.6) is 23.5 Å². The molecule has 118 heavy (non-hydrogen) atoms. The number of likely N-dealkylation sites (tertiary alicyclic amines) is 4. The van der Waals surface area contributed by atoms with E-state index in [1.165, 1.54) is 89.0 Å². The van der Waals surface area contributed by atoms with Gasteiger partial charge in [0.05, 0.1) is 71.3 Å². The molecule has 26 nitrogen and oxygen atoms in total. The Morgan fingerprint density at radius 2 is 0.686 bits per heavy atom. The van der Waals surface area contributed by atoms with E-state index >= 15 is 0 Å². The van der Waals surface area contributed by atoms with Crippen LogP contribution in [0.2, 0.25) is 0 Å². The average Bonchev–Trinajstić information content (AvgIpc) is 1.62. The van der Waals surface area contributed by atoms with Crippen LogP contribution in [0.25, 0.3) is 34.2 Å². The van der Waals surface area contributed by atoms with E-state index in [9.17, 15) is 36.7 Å². The van der Waals surface area contributed by atoms with Gasteiger partial charge in [0.15, 0.2) is 11.6 Å². The fraction of sp³-hybridized carbons (Fsp3) is 0.286. The SMILES string of the molecule is O=C(c1c(F)cccc1-n1nccn1)N1CC2CC(Oc3ccc(Br)cn3)C1C2.O=C(c1cc(F)ccc1-c1ncccn1)N1CC2CC(Oc3ccc(Br)cn3)C1C2.O=C(c1cc(F)ccc1-n1nccn1)N1CC2CC(Oc3ccc(Br)cn3)C1C2.O=C(c1ccc(F)cc1-c1ncccn1)N1CC2CC(Oc3ccc(Br)cn3)C1C2. The zero-order chi connectivity index (χ0) is 81.2. The molecule has 4 saturated heterocycles. The fourth-order valence-electron chi connectivity index (χ4n) is 17.3. The molecule has 600 valence electrons. The van der Waals surface area contributed by atoms with E-state index in [1.807, 2.05) is 35.2 Å². The van der Waals surface area contributed by atoms with Crippen molar-refractivity contribution in [2.45, 2.75) is 99.9 Å². The van der Waals surface area contributed by atoms with Crippen molar-refractivity contribution in [3.8, 4) is 57.7 Å². The van der Waals surface area contributed by atoms with Crippen LogP contribution in [0.1, 0.15) is 92.8 Å². The highest BCUT2D eigenvalue weighted by atomic mass is 79.9. The highest BCUT2D eigenvalue weighted by Gasteiger charge is 2.53. The summed E-state index contributed by atoms with van der Waals surface area (Å²) >= 11 is 13.5. The second-order valence-corrected chi connectivity index (χ2v) is 33.5. The quantitative estimate of drug-likeness (QED) is 0.0812. The van der Waals surface area contributed by atoms with E-state index in [4.69, 9.17) is 18.9 Å². The van der Waals surface area contributed by atoms with Gasteiger partial charge in [0, 0.05) is 129 Å². The largest absolute Gasteiger partial charge is 0.472 e. The number of carbonyl (C=O) groups is 4. The summed E-state index contributed by atoms with van der Waals surface area (Å²) in [7, 11) is 0. The molecule has 8 aliphatic rings. The van der Waals surface area contributed by atoms with E-state index in [0.29, 0.717) is 113 Å². The third kappa shape index (κ3) is 17.2. The van der Waals surface area contributed by atoms with Gasteiger partial charge in [0.2, 0.25) is 23.5 Å². The molecule has 0 radical (unpaired) electrons. The zero-order valence-electron chi connectivity index (χ0n) is 62.4. The Kier molecular flexibility index (Phi) is 23.3. The summed E-state index contributed by atoms with van der Waals surface area (Å²) in [5.74, 6) is 1.39. The van der Waals surface area contributed by atoms with Crippen molar-refractivity contribution in [1.29, 1.82) is 0 Å². The lowest BCUT2D eigenvalue weighted by Crippen LogP contribution is -2.47. The second-order valence-electron chi connectivity index (χ2n) is 29.8. The molecule has 0 N–H and O–H groups in total. The molecular weight excluding hydrogens is 1780 g/mol. The van der Waals surface area contributed by atoms with Crippen molar-refractivity contribution in [3.63, 3.8) is 0 Å². The normalized spacial score (nSPS) is 22.6. The molecule has 12 atom stereocenters. The van der Waals surface area contributed by atoms with Crippen LogP contribution < -0.4 is 18.9 Å². The Hall–Kier alpha value is -11.4. The maximum atomic E-state index is 14.7. The first-order valence-corrected chi connectivity index (χ1v) is 41.3. The predicted octanol–water partition coefficient (Wildman–Crippen LogP) is 14.7. The number of pyridine rings is 4. The summed E-state index contributed by atoms with van der Waals surface area (Å²) < 4.78 is 84.5. The minimum Gasteiger partial charge on any atom is -0.472 e. The highest BCUT2D eigenvalue weighted by Crippen LogP contribution is 2.46. The highest BCUT2D eigenvalue weighted by molar-refractivity contribution is 9.11. The van der Waals surface area contributed by atoms with E-state index in [1.54, 1.807) is 113 Å². The Labute approximate surface area is 706 Å². The minimum atomic E-state index is -0.584. The number of nitrogens with zero attached hydrogens (tertiary/aromatic N) is 18. The molecular formula is C84H70Br4F4N18O8. The van der Waals surface area contributed by atoms with E-state index < -0.39 is 23.3 Å². The maximum absolute atomic E-state index is 14.7. The van der Waals surface area contributed by atoms with Crippen LogP contribution in [-0.2, 0) is 0 Å². The van der Waals surface area contributed by atoms with Gasteiger partial charge >= 0.3 is 0 Å². The molecule has 8 aromatic heterocycles. The van der Waals surface area contributed by atoms with E-state index in [0.717, 1.165) is 69.3 Å². The van der Waals surface area contributed by atoms with Gasteiger partial charge in [0.25, 0.3) is 23.6 Å². The average molecular weight is 1860 g/mol.